The molecule has 0 fully saturated rings. The van der Waals surface area contributed by atoms with Gasteiger partial charge in [-0.2, -0.15) is 0 Å². The van der Waals surface area contributed by atoms with Gasteiger partial charge in [-0.15, -0.1) is 11.3 Å². The second-order valence-corrected chi connectivity index (χ2v) is 6.67. The third-order valence-corrected chi connectivity index (χ3v) is 5.32. The Morgan fingerprint density at radius 2 is 1.48 bits per heavy atom. The van der Waals surface area contributed by atoms with Gasteiger partial charge in [0.15, 0.2) is 0 Å². The van der Waals surface area contributed by atoms with E-state index in [0.29, 0.717) is 5.56 Å². The Labute approximate surface area is 159 Å². The van der Waals surface area contributed by atoms with Crippen LogP contribution in [0.25, 0.3) is 0 Å². The molecular weight excluding hydrogens is 370 g/mol. The number of fused-ring (bicyclic) bond motifs is 1. The molecule has 1 aliphatic rings. The van der Waals surface area contributed by atoms with E-state index in [0.717, 1.165) is 16.2 Å². The molecule has 2 aromatic rings. The molecule has 0 aliphatic carbocycles. The zero-order valence-corrected chi connectivity index (χ0v) is 15.8. The summed E-state index contributed by atoms with van der Waals surface area (Å²) in [4.78, 5) is 51.4. The van der Waals surface area contributed by atoms with Crippen LogP contribution in [0.5, 0.6) is 0 Å². The van der Waals surface area contributed by atoms with E-state index in [4.69, 9.17) is 9.47 Å². The molecule has 1 aromatic carbocycles. The molecule has 3 rings (SSSR count). The molecule has 27 heavy (non-hydrogen) atoms. The third-order valence-electron chi connectivity index (χ3n) is 4.07. The van der Waals surface area contributed by atoms with Gasteiger partial charge in [-0.05, 0) is 38.5 Å². The first-order valence-corrected chi connectivity index (χ1v) is 9.19. The van der Waals surface area contributed by atoms with Gasteiger partial charge in [0.1, 0.15) is 9.88 Å². The number of nitrogens with zero attached hydrogens (tertiary/aromatic N) is 1. The second kappa shape index (κ2) is 7.32. The van der Waals surface area contributed by atoms with Gasteiger partial charge in [-0.1, -0.05) is 12.1 Å². The molecule has 1 aliphatic heterocycles. The first kappa shape index (κ1) is 18.8. The highest BCUT2D eigenvalue weighted by Gasteiger charge is 2.41. The van der Waals surface area contributed by atoms with Gasteiger partial charge in [0, 0.05) is 0 Å². The fourth-order valence-corrected chi connectivity index (χ4v) is 4.05. The fraction of sp³-hybridized carbons (Fsp3) is 0.263. The van der Waals surface area contributed by atoms with Crippen molar-refractivity contribution in [2.75, 3.05) is 18.1 Å². The number of carbonyl (C=O) groups excluding carboxylic acids is 4. The monoisotopic (exact) mass is 387 g/mol. The van der Waals surface area contributed by atoms with Crippen LogP contribution in [0.15, 0.2) is 24.3 Å². The van der Waals surface area contributed by atoms with Gasteiger partial charge < -0.3 is 9.47 Å². The molecule has 2 heterocycles. The average molecular weight is 387 g/mol. The van der Waals surface area contributed by atoms with Crippen LogP contribution in [-0.2, 0) is 9.47 Å². The molecule has 0 unspecified atom stereocenters. The number of ether oxygens (including phenoxy) is 2. The van der Waals surface area contributed by atoms with E-state index >= 15 is 0 Å². The van der Waals surface area contributed by atoms with Gasteiger partial charge in [0.25, 0.3) is 11.8 Å². The van der Waals surface area contributed by atoms with Crippen molar-refractivity contribution < 1.29 is 28.7 Å². The number of rotatable bonds is 5. The smallest absolute Gasteiger partial charge is 0.348 e. The summed E-state index contributed by atoms with van der Waals surface area (Å²) >= 11 is 0.873. The zero-order chi connectivity index (χ0) is 19.7. The van der Waals surface area contributed by atoms with Crippen LogP contribution in [0.3, 0.4) is 0 Å². The van der Waals surface area contributed by atoms with E-state index in [2.05, 4.69) is 0 Å². The summed E-state index contributed by atoms with van der Waals surface area (Å²) in [5.74, 6) is -2.41. The lowest BCUT2D eigenvalue weighted by Crippen LogP contribution is -2.30. The first-order chi connectivity index (χ1) is 12.9. The molecule has 2 amide bonds. The summed E-state index contributed by atoms with van der Waals surface area (Å²) in [5, 5.41) is 0.0696. The van der Waals surface area contributed by atoms with Gasteiger partial charge in [-0.25, -0.2) is 14.5 Å². The van der Waals surface area contributed by atoms with Crippen LogP contribution < -0.4 is 4.90 Å². The molecular formula is C19H17NO6S. The van der Waals surface area contributed by atoms with Crippen molar-refractivity contribution in [2.45, 2.75) is 20.8 Å². The largest absolute Gasteiger partial charge is 0.462 e. The van der Waals surface area contributed by atoms with E-state index in [9.17, 15) is 19.2 Å². The molecule has 0 spiro atoms. The number of hydrogen-bond donors (Lipinski definition) is 0. The molecule has 0 saturated carbocycles. The Morgan fingerprint density at radius 1 is 0.963 bits per heavy atom. The highest BCUT2D eigenvalue weighted by atomic mass is 32.1. The lowest BCUT2D eigenvalue weighted by atomic mass is 10.1. The van der Waals surface area contributed by atoms with Crippen molar-refractivity contribution >= 4 is 40.1 Å². The number of carbonyl (C=O) groups is 4. The lowest BCUT2D eigenvalue weighted by Gasteiger charge is -2.14. The van der Waals surface area contributed by atoms with Crippen LogP contribution >= 0.6 is 11.3 Å². The number of hydrogen-bond acceptors (Lipinski definition) is 7. The molecule has 0 N–H and O–H groups in total. The van der Waals surface area contributed by atoms with Crippen LogP contribution in [0.4, 0.5) is 5.00 Å². The number of amides is 2. The number of benzene rings is 1. The summed E-state index contributed by atoms with van der Waals surface area (Å²) in [6.45, 7) is 5.15. The van der Waals surface area contributed by atoms with Gasteiger partial charge in [-0.3, -0.25) is 9.59 Å². The van der Waals surface area contributed by atoms with Crippen molar-refractivity contribution in [3.63, 3.8) is 0 Å². The molecule has 0 bridgehead atoms. The van der Waals surface area contributed by atoms with E-state index in [-0.39, 0.29) is 39.8 Å². The van der Waals surface area contributed by atoms with Crippen molar-refractivity contribution in [2.24, 2.45) is 0 Å². The highest BCUT2D eigenvalue weighted by Crippen LogP contribution is 2.40. The molecule has 1 aromatic heterocycles. The number of esters is 2. The van der Waals surface area contributed by atoms with E-state index in [1.54, 1.807) is 45.0 Å². The highest BCUT2D eigenvalue weighted by molar-refractivity contribution is 7.19. The minimum absolute atomic E-state index is 0.0272. The first-order valence-electron chi connectivity index (χ1n) is 8.37. The van der Waals surface area contributed by atoms with Crippen LogP contribution in [0, 0.1) is 6.92 Å². The van der Waals surface area contributed by atoms with E-state index < -0.39 is 23.8 Å². The van der Waals surface area contributed by atoms with Gasteiger partial charge in [0.2, 0.25) is 0 Å². The van der Waals surface area contributed by atoms with Crippen LogP contribution in [0.1, 0.15) is 60.2 Å². The van der Waals surface area contributed by atoms with Gasteiger partial charge >= 0.3 is 11.9 Å². The van der Waals surface area contributed by atoms with E-state index in [1.807, 2.05) is 0 Å². The average Bonchev–Trinajstić information content (AvgIpc) is 3.10. The Bertz CT molecular complexity index is 926. The summed E-state index contributed by atoms with van der Waals surface area (Å²) in [6, 6.07) is 6.41. The number of thiophene rings is 1. The fourth-order valence-electron chi connectivity index (χ4n) is 2.86. The van der Waals surface area contributed by atoms with Crippen LogP contribution in [0.2, 0.25) is 0 Å². The van der Waals surface area contributed by atoms with Gasteiger partial charge in [0.05, 0.1) is 29.9 Å². The van der Waals surface area contributed by atoms with Crippen molar-refractivity contribution in [1.82, 2.24) is 0 Å². The number of imide groups is 1. The second-order valence-electron chi connectivity index (χ2n) is 5.67. The maximum absolute atomic E-state index is 12.8. The Balaban J connectivity index is 2.16. The quantitative estimate of drug-likeness (QED) is 0.578. The molecule has 0 atom stereocenters. The van der Waals surface area contributed by atoms with Crippen molar-refractivity contribution in [1.29, 1.82) is 0 Å². The molecule has 7 nitrogen and oxygen atoms in total. The van der Waals surface area contributed by atoms with E-state index in [1.165, 1.54) is 0 Å². The molecule has 140 valence electrons. The van der Waals surface area contributed by atoms with Crippen molar-refractivity contribution in [3.05, 3.63) is 51.4 Å². The Morgan fingerprint density at radius 3 is 2.00 bits per heavy atom. The summed E-state index contributed by atoms with van der Waals surface area (Å²) in [5.41, 5.74) is 0.852. The predicted molar refractivity (Wildman–Crippen MR) is 98.6 cm³/mol. The minimum Gasteiger partial charge on any atom is -0.462 e. The molecule has 0 radical (unpaired) electrons. The predicted octanol–water partition coefficient (Wildman–Crippen LogP) is 3.21. The Kier molecular flexibility index (Phi) is 5.09. The normalized spacial score (nSPS) is 12.9. The Hall–Kier alpha value is -3.00. The summed E-state index contributed by atoms with van der Waals surface area (Å²) in [7, 11) is 0. The van der Waals surface area contributed by atoms with Crippen LogP contribution in [-0.4, -0.2) is 37.0 Å². The third kappa shape index (κ3) is 3.02. The number of anilines is 1. The van der Waals surface area contributed by atoms with Crippen molar-refractivity contribution in [3.8, 4) is 0 Å². The minimum atomic E-state index is -0.701. The topological polar surface area (TPSA) is 90.0 Å². The summed E-state index contributed by atoms with van der Waals surface area (Å²) < 4.78 is 10.1. The molecule has 0 saturated heterocycles. The summed E-state index contributed by atoms with van der Waals surface area (Å²) in [6.07, 6.45) is 0. The zero-order valence-electron chi connectivity index (χ0n) is 15.0. The lowest BCUT2D eigenvalue weighted by molar-refractivity contribution is 0.0527. The standard InChI is InChI=1S/C19H17NO6S/c1-4-25-18(23)13-10(3)14(19(24)26-5-2)27-17(13)20-15(21)11-8-6-7-9-12(11)16(20)22/h6-9H,4-5H2,1-3H3. The SMILES string of the molecule is CCOC(=O)c1sc(N2C(=O)c3ccccc3C2=O)c(C(=O)OCC)c1C. The maximum Gasteiger partial charge on any atom is 0.348 e. The molecule has 8 heteroatoms. The maximum atomic E-state index is 12.8.